The number of carbonyl (C=O) groups is 1. The molecule has 3 aromatic carbocycles. The second-order valence-electron chi connectivity index (χ2n) is 10.3. The predicted octanol–water partition coefficient (Wildman–Crippen LogP) is 4.69. The van der Waals surface area contributed by atoms with Crippen molar-refractivity contribution in [1.82, 2.24) is 20.4 Å². The van der Waals surface area contributed by atoms with Gasteiger partial charge >= 0.3 is 0 Å². The van der Waals surface area contributed by atoms with Crippen LogP contribution in [0, 0.1) is 11.6 Å². The van der Waals surface area contributed by atoms with Gasteiger partial charge in [-0.1, -0.05) is 49.4 Å². The first-order chi connectivity index (χ1) is 19.4. The van der Waals surface area contributed by atoms with E-state index >= 15 is 0 Å². The highest BCUT2D eigenvalue weighted by molar-refractivity contribution is 5.94. The lowest BCUT2D eigenvalue weighted by Crippen LogP contribution is -2.49. The van der Waals surface area contributed by atoms with Crippen LogP contribution in [-0.4, -0.2) is 39.5 Å². The zero-order chi connectivity index (χ0) is 28.1. The summed E-state index contributed by atoms with van der Waals surface area (Å²) in [7, 11) is 0. The van der Waals surface area contributed by atoms with Gasteiger partial charge < -0.3 is 15.7 Å². The number of hydrogen-bond donors (Lipinski definition) is 3. The Hall–Kier alpha value is -3.88. The molecule has 0 saturated carbocycles. The van der Waals surface area contributed by atoms with Crippen molar-refractivity contribution in [2.75, 3.05) is 6.54 Å². The molecule has 0 bridgehead atoms. The van der Waals surface area contributed by atoms with E-state index in [2.05, 4.69) is 34.8 Å². The molecule has 208 valence electrons. The van der Waals surface area contributed by atoms with E-state index < -0.39 is 29.7 Å². The Labute approximate surface area is 233 Å². The molecule has 4 aromatic rings. The van der Waals surface area contributed by atoms with Crippen LogP contribution in [0.4, 0.5) is 8.78 Å². The SMILES string of the molecule is CCc1cccc(CNC[C@H](O)[C@H](Cc2cc(F)cc(F)c2)NC(=O)c2nn(-c3ccccc3)c3c2CCC3)c1. The highest BCUT2D eigenvalue weighted by atomic mass is 19.1. The molecule has 3 N–H and O–H groups in total. The van der Waals surface area contributed by atoms with E-state index in [0.29, 0.717) is 17.8 Å². The van der Waals surface area contributed by atoms with Crippen LogP contribution >= 0.6 is 0 Å². The third-order valence-electron chi connectivity index (χ3n) is 7.39. The van der Waals surface area contributed by atoms with Gasteiger partial charge in [0.1, 0.15) is 11.6 Å². The number of para-hydroxylation sites is 1. The number of rotatable bonds is 11. The van der Waals surface area contributed by atoms with E-state index in [1.807, 2.05) is 47.1 Å². The maximum Gasteiger partial charge on any atom is 0.272 e. The van der Waals surface area contributed by atoms with Gasteiger partial charge in [-0.15, -0.1) is 0 Å². The van der Waals surface area contributed by atoms with Crippen molar-refractivity contribution in [1.29, 1.82) is 0 Å². The van der Waals surface area contributed by atoms with Gasteiger partial charge in [0.2, 0.25) is 0 Å². The van der Waals surface area contributed by atoms with E-state index in [0.717, 1.165) is 54.3 Å². The fourth-order valence-corrected chi connectivity index (χ4v) is 5.37. The Morgan fingerprint density at radius 2 is 1.73 bits per heavy atom. The molecule has 40 heavy (non-hydrogen) atoms. The number of carbonyl (C=O) groups excluding carboxylic acids is 1. The van der Waals surface area contributed by atoms with Crippen LogP contribution in [0.1, 0.15) is 51.8 Å². The summed E-state index contributed by atoms with van der Waals surface area (Å²) in [6.07, 6.45) is 2.45. The Morgan fingerprint density at radius 3 is 2.48 bits per heavy atom. The second-order valence-corrected chi connectivity index (χ2v) is 10.3. The number of aliphatic hydroxyl groups is 1. The Bertz CT molecular complexity index is 1450. The molecule has 8 heteroatoms. The third kappa shape index (κ3) is 6.46. The zero-order valence-corrected chi connectivity index (χ0v) is 22.5. The first-order valence-corrected chi connectivity index (χ1v) is 13.8. The maximum atomic E-state index is 14.0. The number of benzene rings is 3. The van der Waals surface area contributed by atoms with Crippen LogP contribution in [0.5, 0.6) is 0 Å². The van der Waals surface area contributed by atoms with Crippen molar-refractivity contribution >= 4 is 5.91 Å². The van der Waals surface area contributed by atoms with Gasteiger partial charge in [-0.2, -0.15) is 5.10 Å². The number of amides is 1. The topological polar surface area (TPSA) is 79.2 Å². The molecule has 2 atom stereocenters. The number of hydrogen-bond acceptors (Lipinski definition) is 4. The fraction of sp³-hybridized carbons (Fsp3) is 0.312. The normalized spacial score (nSPS) is 14.1. The van der Waals surface area contributed by atoms with Crippen LogP contribution in [0.25, 0.3) is 5.69 Å². The van der Waals surface area contributed by atoms with Gasteiger partial charge in [0.15, 0.2) is 5.69 Å². The van der Waals surface area contributed by atoms with Crippen LogP contribution in [0.3, 0.4) is 0 Å². The molecule has 0 aliphatic heterocycles. The quantitative estimate of drug-likeness (QED) is 0.256. The number of aryl methyl sites for hydroxylation is 1. The summed E-state index contributed by atoms with van der Waals surface area (Å²) in [5.41, 5.74) is 5.77. The van der Waals surface area contributed by atoms with Crippen molar-refractivity contribution in [3.8, 4) is 5.69 Å². The first kappa shape index (κ1) is 27.7. The van der Waals surface area contributed by atoms with Crippen molar-refractivity contribution in [3.05, 3.63) is 118 Å². The molecule has 0 spiro atoms. The average Bonchev–Trinajstić information content (AvgIpc) is 3.56. The standard InChI is InChI=1S/C32H34F2N4O2/c1-2-21-8-6-9-22(14-21)19-35-20-30(39)28(17-23-15-24(33)18-25(34)16-23)36-32(40)31-27-12-7-13-29(27)38(37-31)26-10-4-3-5-11-26/h3-6,8-11,14-16,18,28,30,35,39H,2,7,12-13,17,19-20H2,1H3,(H,36,40)/t28-,30-/m0/s1. The molecule has 5 rings (SSSR count). The highest BCUT2D eigenvalue weighted by Gasteiger charge is 2.30. The molecule has 1 aliphatic rings. The first-order valence-electron chi connectivity index (χ1n) is 13.8. The summed E-state index contributed by atoms with van der Waals surface area (Å²) >= 11 is 0. The third-order valence-corrected chi connectivity index (χ3v) is 7.39. The van der Waals surface area contributed by atoms with Crippen molar-refractivity contribution in [2.45, 2.75) is 57.7 Å². The Kier molecular flexibility index (Phi) is 8.67. The van der Waals surface area contributed by atoms with Gasteiger partial charge in [0.05, 0.1) is 17.8 Å². The lowest BCUT2D eigenvalue weighted by Gasteiger charge is -2.25. The number of nitrogens with zero attached hydrogens (tertiary/aromatic N) is 2. The molecule has 0 saturated heterocycles. The van der Waals surface area contributed by atoms with Gasteiger partial charge in [0, 0.05) is 30.4 Å². The molecule has 1 aliphatic carbocycles. The van der Waals surface area contributed by atoms with E-state index in [1.54, 1.807) is 0 Å². The van der Waals surface area contributed by atoms with E-state index in [1.165, 1.54) is 17.7 Å². The molecule has 0 radical (unpaired) electrons. The summed E-state index contributed by atoms with van der Waals surface area (Å²) in [6.45, 7) is 2.81. The maximum absolute atomic E-state index is 14.0. The summed E-state index contributed by atoms with van der Waals surface area (Å²) in [5.74, 6) is -1.82. The Morgan fingerprint density at radius 1 is 0.975 bits per heavy atom. The number of nitrogens with one attached hydrogen (secondary N) is 2. The van der Waals surface area contributed by atoms with Crippen LogP contribution < -0.4 is 10.6 Å². The minimum Gasteiger partial charge on any atom is -0.390 e. The lowest BCUT2D eigenvalue weighted by atomic mass is 10.00. The minimum atomic E-state index is -1.02. The number of halogens is 2. The van der Waals surface area contributed by atoms with Gasteiger partial charge in [-0.05, 0) is 73.1 Å². The summed E-state index contributed by atoms with van der Waals surface area (Å²) in [5, 5.41) is 22.0. The van der Waals surface area contributed by atoms with E-state index in [4.69, 9.17) is 0 Å². The fourth-order valence-electron chi connectivity index (χ4n) is 5.37. The summed E-state index contributed by atoms with van der Waals surface area (Å²) in [4.78, 5) is 13.6. The van der Waals surface area contributed by atoms with Crippen LogP contribution in [0.15, 0.2) is 72.8 Å². The molecular formula is C32H34F2N4O2. The lowest BCUT2D eigenvalue weighted by molar-refractivity contribution is 0.0824. The van der Waals surface area contributed by atoms with E-state index in [-0.39, 0.29) is 13.0 Å². The average molecular weight is 545 g/mol. The number of aromatic nitrogens is 2. The smallest absolute Gasteiger partial charge is 0.272 e. The molecule has 1 heterocycles. The largest absolute Gasteiger partial charge is 0.390 e. The number of fused-ring (bicyclic) bond motifs is 1. The second kappa shape index (κ2) is 12.5. The minimum absolute atomic E-state index is 0.0518. The van der Waals surface area contributed by atoms with Crippen LogP contribution in [0.2, 0.25) is 0 Å². The number of aliphatic hydroxyl groups excluding tert-OH is 1. The predicted molar refractivity (Wildman–Crippen MR) is 150 cm³/mol. The van der Waals surface area contributed by atoms with Crippen molar-refractivity contribution < 1.29 is 18.7 Å². The monoisotopic (exact) mass is 544 g/mol. The van der Waals surface area contributed by atoms with Gasteiger partial charge in [-0.25, -0.2) is 13.5 Å². The highest BCUT2D eigenvalue weighted by Crippen LogP contribution is 2.28. The molecule has 1 amide bonds. The molecule has 1 aromatic heterocycles. The summed E-state index contributed by atoms with van der Waals surface area (Å²) in [6, 6.07) is 20.3. The van der Waals surface area contributed by atoms with Gasteiger partial charge in [0.25, 0.3) is 5.91 Å². The molecule has 6 nitrogen and oxygen atoms in total. The Balaban J connectivity index is 1.35. The van der Waals surface area contributed by atoms with Crippen molar-refractivity contribution in [3.63, 3.8) is 0 Å². The van der Waals surface area contributed by atoms with Crippen LogP contribution in [-0.2, 0) is 32.2 Å². The van der Waals surface area contributed by atoms with Gasteiger partial charge in [-0.3, -0.25) is 4.79 Å². The zero-order valence-electron chi connectivity index (χ0n) is 22.5. The van der Waals surface area contributed by atoms with E-state index in [9.17, 15) is 18.7 Å². The van der Waals surface area contributed by atoms with Crippen molar-refractivity contribution in [2.24, 2.45) is 0 Å². The molecule has 0 unspecified atom stereocenters. The summed E-state index contributed by atoms with van der Waals surface area (Å²) < 4.78 is 29.7. The molecular weight excluding hydrogens is 510 g/mol. The molecule has 0 fully saturated rings.